The summed E-state index contributed by atoms with van der Waals surface area (Å²) in [5, 5.41) is 20.5. The number of aliphatic hydroxyl groups excluding tert-OH is 2. The minimum Gasteiger partial charge on any atom is -0.387 e. The van der Waals surface area contributed by atoms with Gasteiger partial charge in [-0.25, -0.2) is 18.7 Å². The number of hydrogen-bond acceptors (Lipinski definition) is 13. The summed E-state index contributed by atoms with van der Waals surface area (Å²) < 4.78 is 52.1. The number of nitrogens with zero attached hydrogens (tertiary/aromatic N) is 3. The second kappa shape index (κ2) is 8.90. The van der Waals surface area contributed by atoms with E-state index in [9.17, 15) is 28.8 Å². The van der Waals surface area contributed by atoms with Gasteiger partial charge in [0.2, 0.25) is 5.95 Å². The fourth-order valence-electron chi connectivity index (χ4n) is 2.70. The third-order valence-corrected chi connectivity index (χ3v) is 7.98. The molecule has 180 valence electrons. The standard InChI is InChI=1S/C10H16N5O13P3S/c11-10-13-7-4(8(32)14-10)12-2-15(7)9-6(17)5(16)3(26-9)1-25-30(21,22)28-31(23,24)27-29(18,19)20/h2-3,5-6,9,16-17H,1H2,(H,21,22)(H,23,24)(H2,18,19,20)(H3,11,13,14,32)/t3-,5-,6-,9-/m1/s1. The Kier molecular flexibility index (Phi) is 7.09. The molecule has 0 bridgehead atoms. The molecule has 0 aliphatic carbocycles. The van der Waals surface area contributed by atoms with E-state index in [1.807, 2.05) is 0 Å². The van der Waals surface area contributed by atoms with Crippen molar-refractivity contribution in [1.29, 1.82) is 0 Å². The summed E-state index contributed by atoms with van der Waals surface area (Å²) in [5.41, 5.74) is 5.90. The molecule has 1 saturated heterocycles. The molecule has 32 heavy (non-hydrogen) atoms. The highest BCUT2D eigenvalue weighted by Crippen LogP contribution is 2.66. The lowest BCUT2D eigenvalue weighted by molar-refractivity contribution is -0.0503. The van der Waals surface area contributed by atoms with Gasteiger partial charge in [0.25, 0.3) is 0 Å². The Balaban J connectivity index is 1.72. The lowest BCUT2D eigenvalue weighted by Gasteiger charge is -2.19. The van der Waals surface area contributed by atoms with Crippen molar-refractivity contribution in [3.8, 4) is 0 Å². The number of aliphatic hydroxyl groups is 2. The number of fused-ring (bicyclic) bond motifs is 1. The highest BCUT2D eigenvalue weighted by Gasteiger charge is 2.47. The van der Waals surface area contributed by atoms with Crippen LogP contribution in [0, 0.1) is 4.64 Å². The summed E-state index contributed by atoms with van der Waals surface area (Å²) in [6, 6.07) is 0. The van der Waals surface area contributed by atoms with Gasteiger partial charge in [-0.1, -0.05) is 12.2 Å². The zero-order valence-electron chi connectivity index (χ0n) is 15.3. The normalized spacial score (nSPS) is 27.9. The Morgan fingerprint density at radius 1 is 1.16 bits per heavy atom. The van der Waals surface area contributed by atoms with Crippen LogP contribution in [-0.2, 0) is 31.6 Å². The van der Waals surface area contributed by atoms with Crippen LogP contribution < -0.4 is 5.73 Å². The molecule has 2 aromatic heterocycles. The second-order valence-corrected chi connectivity index (χ2v) is 11.0. The lowest BCUT2D eigenvalue weighted by Crippen LogP contribution is -2.33. The summed E-state index contributed by atoms with van der Waals surface area (Å²) in [4.78, 5) is 46.2. The van der Waals surface area contributed by atoms with E-state index in [1.165, 1.54) is 10.9 Å². The SMILES string of the molecule is Nc1nc2c(ncn2[C@@H]2O[C@H](COP(=O)(O)OP(=O)(O)OP(=O)(O)O)[C@@H](O)[C@H]2O)c(=S)[nH]1. The minimum atomic E-state index is -5.71. The first-order valence-electron chi connectivity index (χ1n) is 8.11. The molecule has 18 nitrogen and oxygen atoms in total. The number of aromatic amines is 1. The number of phosphoric ester groups is 1. The molecule has 2 aromatic rings. The molecule has 6 atom stereocenters. The number of anilines is 1. The molecule has 1 fully saturated rings. The average molecular weight is 539 g/mol. The van der Waals surface area contributed by atoms with Crippen LogP contribution in [0.15, 0.2) is 6.33 Å². The third kappa shape index (κ3) is 5.85. The Morgan fingerprint density at radius 2 is 1.81 bits per heavy atom. The monoisotopic (exact) mass is 539 g/mol. The fraction of sp³-hybridized carbons (Fsp3) is 0.500. The number of nitrogens with two attached hydrogens (primary N) is 1. The molecular formula is C10H16N5O13P3S. The quantitative estimate of drug-likeness (QED) is 0.148. The van der Waals surface area contributed by atoms with E-state index in [1.54, 1.807) is 0 Å². The smallest absolute Gasteiger partial charge is 0.387 e. The Bertz CT molecular complexity index is 1210. The predicted molar refractivity (Wildman–Crippen MR) is 103 cm³/mol. The largest absolute Gasteiger partial charge is 0.490 e. The zero-order chi connectivity index (χ0) is 24.1. The number of phosphoric acid groups is 3. The number of H-pyrrole nitrogens is 1. The maximum Gasteiger partial charge on any atom is 0.490 e. The van der Waals surface area contributed by atoms with Crippen LogP contribution in [0.3, 0.4) is 0 Å². The van der Waals surface area contributed by atoms with E-state index in [2.05, 4.69) is 28.1 Å². The Morgan fingerprint density at radius 3 is 2.44 bits per heavy atom. The molecule has 2 unspecified atom stereocenters. The summed E-state index contributed by atoms with van der Waals surface area (Å²) in [6.07, 6.45) is -4.93. The molecule has 9 N–H and O–H groups in total. The van der Waals surface area contributed by atoms with Gasteiger partial charge < -0.3 is 45.2 Å². The summed E-state index contributed by atoms with van der Waals surface area (Å²) in [6.45, 7) is -0.972. The molecule has 1 aliphatic rings. The number of aromatic nitrogens is 4. The van der Waals surface area contributed by atoms with Gasteiger partial charge in [0, 0.05) is 0 Å². The van der Waals surface area contributed by atoms with Crippen LogP contribution in [0.4, 0.5) is 5.95 Å². The van der Waals surface area contributed by atoms with Gasteiger partial charge >= 0.3 is 23.5 Å². The van der Waals surface area contributed by atoms with Crippen LogP contribution in [0.1, 0.15) is 6.23 Å². The summed E-state index contributed by atoms with van der Waals surface area (Å²) >= 11 is 5.06. The highest BCUT2D eigenvalue weighted by molar-refractivity contribution is 7.71. The van der Waals surface area contributed by atoms with Crippen LogP contribution >= 0.6 is 35.7 Å². The number of nitrogen functional groups attached to an aromatic ring is 1. The van der Waals surface area contributed by atoms with Gasteiger partial charge in [0.05, 0.1) is 12.9 Å². The van der Waals surface area contributed by atoms with Crippen LogP contribution in [0.5, 0.6) is 0 Å². The van der Waals surface area contributed by atoms with Crippen molar-refractivity contribution in [2.75, 3.05) is 12.3 Å². The number of ether oxygens (including phenoxy) is 1. The van der Waals surface area contributed by atoms with Crippen molar-refractivity contribution >= 4 is 52.8 Å². The average Bonchev–Trinajstić information content (AvgIpc) is 3.12. The predicted octanol–water partition coefficient (Wildman–Crippen LogP) is -0.966. The zero-order valence-corrected chi connectivity index (χ0v) is 18.8. The first kappa shape index (κ1) is 25.5. The van der Waals surface area contributed by atoms with E-state index in [4.69, 9.17) is 37.4 Å². The molecule has 0 saturated carbocycles. The molecule has 22 heteroatoms. The van der Waals surface area contributed by atoms with Crippen molar-refractivity contribution < 1.29 is 61.4 Å². The number of nitrogens with one attached hydrogen (secondary N) is 1. The third-order valence-electron chi connectivity index (χ3n) is 3.88. The molecule has 0 amide bonds. The number of hydrogen-bond donors (Lipinski definition) is 8. The molecule has 0 aromatic carbocycles. The topological polar surface area (TPSA) is 282 Å². The first-order chi connectivity index (χ1) is 14.6. The van der Waals surface area contributed by atoms with Crippen molar-refractivity contribution in [2.24, 2.45) is 0 Å². The Labute approximate surface area is 182 Å². The minimum absolute atomic E-state index is 0.0681. The first-order valence-corrected chi connectivity index (χ1v) is 13.0. The van der Waals surface area contributed by atoms with Gasteiger partial charge in [-0.05, 0) is 0 Å². The maximum atomic E-state index is 11.8. The molecular weight excluding hydrogens is 523 g/mol. The molecule has 3 heterocycles. The summed E-state index contributed by atoms with van der Waals surface area (Å²) in [7, 11) is -16.7. The van der Waals surface area contributed by atoms with Gasteiger partial charge in [-0.3, -0.25) is 9.09 Å². The van der Waals surface area contributed by atoms with Gasteiger partial charge in [0.1, 0.15) is 28.5 Å². The maximum absolute atomic E-state index is 11.8. The van der Waals surface area contributed by atoms with E-state index in [0.717, 1.165) is 0 Å². The molecule has 0 spiro atoms. The molecule has 3 rings (SSSR count). The van der Waals surface area contributed by atoms with E-state index in [-0.39, 0.29) is 21.8 Å². The summed E-state index contributed by atoms with van der Waals surface area (Å²) in [5.74, 6) is -0.0681. The number of rotatable bonds is 8. The van der Waals surface area contributed by atoms with Gasteiger partial charge in [-0.15, -0.1) is 0 Å². The van der Waals surface area contributed by atoms with Crippen LogP contribution in [0.2, 0.25) is 0 Å². The van der Waals surface area contributed by atoms with Crippen molar-refractivity contribution in [2.45, 2.75) is 24.5 Å². The number of imidazole rings is 1. The Hall–Kier alpha value is -1.14. The van der Waals surface area contributed by atoms with Crippen molar-refractivity contribution in [3.63, 3.8) is 0 Å². The van der Waals surface area contributed by atoms with Crippen LogP contribution in [-0.4, -0.2) is 74.2 Å². The van der Waals surface area contributed by atoms with E-state index >= 15 is 0 Å². The lowest BCUT2D eigenvalue weighted by atomic mass is 10.1. The van der Waals surface area contributed by atoms with E-state index in [0.29, 0.717) is 0 Å². The van der Waals surface area contributed by atoms with Gasteiger partial charge in [-0.2, -0.15) is 13.6 Å². The fourth-order valence-corrected chi connectivity index (χ4v) is 5.98. The van der Waals surface area contributed by atoms with E-state index < -0.39 is 54.6 Å². The second-order valence-electron chi connectivity index (χ2n) is 6.21. The van der Waals surface area contributed by atoms with Gasteiger partial charge in [0.15, 0.2) is 11.9 Å². The van der Waals surface area contributed by atoms with Crippen molar-refractivity contribution in [1.82, 2.24) is 19.5 Å². The van der Waals surface area contributed by atoms with Crippen LogP contribution in [0.25, 0.3) is 11.2 Å². The van der Waals surface area contributed by atoms with Crippen molar-refractivity contribution in [3.05, 3.63) is 11.0 Å². The molecule has 0 radical (unpaired) electrons. The molecule has 1 aliphatic heterocycles. The highest BCUT2D eigenvalue weighted by atomic mass is 32.1.